The Kier molecular flexibility index (Phi) is 4.76. The molecule has 1 fully saturated rings. The Balaban J connectivity index is 2.05. The molecule has 1 aliphatic rings. The van der Waals surface area contributed by atoms with Crippen LogP contribution in [0.5, 0.6) is 5.75 Å². The van der Waals surface area contributed by atoms with Gasteiger partial charge in [-0.1, -0.05) is 12.1 Å². The number of piperazine rings is 1. The van der Waals surface area contributed by atoms with E-state index in [-0.39, 0.29) is 11.9 Å². The third-order valence-corrected chi connectivity index (χ3v) is 3.26. The molecule has 0 aromatic heterocycles. The highest BCUT2D eigenvalue weighted by atomic mass is 16.5. The lowest BCUT2D eigenvalue weighted by atomic mass is 10.2. The van der Waals surface area contributed by atoms with Crippen molar-refractivity contribution in [2.45, 2.75) is 13.0 Å². The number of ether oxygens (including phenoxy) is 1. The van der Waals surface area contributed by atoms with Crippen LogP contribution in [-0.4, -0.2) is 50.1 Å². The Morgan fingerprint density at radius 1 is 1.53 bits per heavy atom. The standard InChI is InChI=1S/C14H21N3O2/c1-3-19-13-7-5-4-6-11(13)16-14(18)12-10-15-8-9-17(12)2/h4-7,12,15H,3,8-10H2,1-2H3,(H,16,18). The van der Waals surface area contributed by atoms with Crippen LogP contribution in [0.25, 0.3) is 0 Å². The number of rotatable bonds is 4. The number of anilines is 1. The fraction of sp³-hybridized carbons (Fsp3) is 0.500. The second-order valence-corrected chi connectivity index (χ2v) is 4.62. The Hall–Kier alpha value is -1.59. The number of hydrogen-bond donors (Lipinski definition) is 2. The van der Waals surface area contributed by atoms with Crippen LogP contribution in [0.15, 0.2) is 24.3 Å². The minimum atomic E-state index is -0.136. The maximum atomic E-state index is 12.3. The minimum Gasteiger partial charge on any atom is -0.492 e. The van der Waals surface area contributed by atoms with E-state index in [9.17, 15) is 4.79 Å². The van der Waals surface area contributed by atoms with Gasteiger partial charge in [-0.15, -0.1) is 0 Å². The summed E-state index contributed by atoms with van der Waals surface area (Å²) < 4.78 is 5.51. The van der Waals surface area contributed by atoms with Crippen molar-refractivity contribution in [2.24, 2.45) is 0 Å². The third kappa shape index (κ3) is 3.45. The van der Waals surface area contributed by atoms with Crippen LogP contribution in [0.3, 0.4) is 0 Å². The van der Waals surface area contributed by atoms with Gasteiger partial charge >= 0.3 is 0 Å². The van der Waals surface area contributed by atoms with Crippen molar-refractivity contribution in [3.8, 4) is 5.75 Å². The molecule has 19 heavy (non-hydrogen) atoms. The van der Waals surface area contributed by atoms with Crippen molar-refractivity contribution < 1.29 is 9.53 Å². The van der Waals surface area contributed by atoms with Crippen molar-refractivity contribution >= 4 is 11.6 Å². The molecular weight excluding hydrogens is 242 g/mol. The predicted octanol–water partition coefficient (Wildman–Crippen LogP) is 0.927. The molecule has 1 aromatic carbocycles. The molecule has 1 saturated heterocycles. The SMILES string of the molecule is CCOc1ccccc1NC(=O)C1CNCCN1C. The van der Waals surface area contributed by atoms with Gasteiger partial charge in [0, 0.05) is 19.6 Å². The summed E-state index contributed by atoms with van der Waals surface area (Å²) in [5, 5.41) is 6.19. The van der Waals surface area contributed by atoms with Crippen LogP contribution in [-0.2, 0) is 4.79 Å². The van der Waals surface area contributed by atoms with E-state index >= 15 is 0 Å². The second-order valence-electron chi connectivity index (χ2n) is 4.62. The van der Waals surface area contributed by atoms with E-state index in [1.165, 1.54) is 0 Å². The highest BCUT2D eigenvalue weighted by Crippen LogP contribution is 2.24. The smallest absolute Gasteiger partial charge is 0.243 e. The van der Waals surface area contributed by atoms with Gasteiger partial charge in [-0.2, -0.15) is 0 Å². The summed E-state index contributed by atoms with van der Waals surface area (Å²) in [7, 11) is 1.97. The minimum absolute atomic E-state index is 0.00172. The van der Waals surface area contributed by atoms with Crippen LogP contribution < -0.4 is 15.4 Å². The summed E-state index contributed by atoms with van der Waals surface area (Å²) in [6.07, 6.45) is 0. The summed E-state index contributed by atoms with van der Waals surface area (Å²) >= 11 is 0. The van der Waals surface area contributed by atoms with E-state index in [1.807, 2.05) is 38.2 Å². The molecular formula is C14H21N3O2. The van der Waals surface area contributed by atoms with Crippen molar-refractivity contribution in [1.29, 1.82) is 0 Å². The molecule has 5 heteroatoms. The molecule has 1 unspecified atom stereocenters. The molecule has 0 bridgehead atoms. The normalized spacial score (nSPS) is 20.0. The number of carbonyl (C=O) groups excluding carboxylic acids is 1. The molecule has 2 N–H and O–H groups in total. The molecule has 1 atom stereocenters. The first-order valence-corrected chi connectivity index (χ1v) is 6.66. The van der Waals surface area contributed by atoms with Crippen molar-refractivity contribution in [3.05, 3.63) is 24.3 Å². The average Bonchev–Trinajstić information content (AvgIpc) is 2.41. The van der Waals surface area contributed by atoms with Crippen LogP contribution >= 0.6 is 0 Å². The molecule has 2 rings (SSSR count). The largest absolute Gasteiger partial charge is 0.492 e. The van der Waals surface area contributed by atoms with E-state index in [0.29, 0.717) is 18.9 Å². The van der Waals surface area contributed by atoms with Crippen LogP contribution in [0.2, 0.25) is 0 Å². The number of likely N-dealkylation sites (N-methyl/N-ethyl adjacent to an activating group) is 1. The lowest BCUT2D eigenvalue weighted by Gasteiger charge is -2.31. The number of carbonyl (C=O) groups is 1. The molecule has 1 amide bonds. The van der Waals surface area contributed by atoms with E-state index in [0.717, 1.165) is 18.8 Å². The molecule has 1 aliphatic heterocycles. The lowest BCUT2D eigenvalue weighted by Crippen LogP contribution is -2.54. The van der Waals surface area contributed by atoms with Gasteiger partial charge in [0.25, 0.3) is 0 Å². The number of nitrogens with one attached hydrogen (secondary N) is 2. The quantitative estimate of drug-likeness (QED) is 0.848. The molecule has 5 nitrogen and oxygen atoms in total. The Labute approximate surface area is 113 Å². The number of amides is 1. The van der Waals surface area contributed by atoms with Crippen LogP contribution in [0.1, 0.15) is 6.92 Å². The molecule has 0 aliphatic carbocycles. The maximum Gasteiger partial charge on any atom is 0.243 e. The Bertz CT molecular complexity index is 436. The van der Waals surface area contributed by atoms with Crippen LogP contribution in [0.4, 0.5) is 5.69 Å². The Morgan fingerprint density at radius 3 is 3.05 bits per heavy atom. The highest BCUT2D eigenvalue weighted by Gasteiger charge is 2.26. The van der Waals surface area contributed by atoms with E-state index in [1.54, 1.807) is 0 Å². The van der Waals surface area contributed by atoms with Gasteiger partial charge in [0.05, 0.1) is 12.3 Å². The Morgan fingerprint density at radius 2 is 2.32 bits per heavy atom. The number of para-hydroxylation sites is 2. The third-order valence-electron chi connectivity index (χ3n) is 3.26. The van der Waals surface area contributed by atoms with Gasteiger partial charge < -0.3 is 15.4 Å². The predicted molar refractivity (Wildman–Crippen MR) is 75.5 cm³/mol. The molecule has 0 spiro atoms. The zero-order chi connectivity index (χ0) is 13.7. The first-order chi connectivity index (χ1) is 9.22. The molecule has 1 aromatic rings. The van der Waals surface area contributed by atoms with Gasteiger partial charge in [-0.05, 0) is 26.1 Å². The van der Waals surface area contributed by atoms with Gasteiger partial charge in [0.2, 0.25) is 5.91 Å². The molecule has 1 heterocycles. The summed E-state index contributed by atoms with van der Waals surface area (Å²) in [5.74, 6) is 0.714. The summed E-state index contributed by atoms with van der Waals surface area (Å²) in [6.45, 7) is 5.00. The van der Waals surface area contributed by atoms with Gasteiger partial charge in [0.15, 0.2) is 0 Å². The van der Waals surface area contributed by atoms with Crippen molar-refractivity contribution in [2.75, 3.05) is 38.6 Å². The summed E-state index contributed by atoms with van der Waals surface area (Å²) in [6, 6.07) is 7.38. The van der Waals surface area contributed by atoms with Crippen LogP contribution in [0, 0.1) is 0 Å². The van der Waals surface area contributed by atoms with Gasteiger partial charge in [-0.3, -0.25) is 9.69 Å². The maximum absolute atomic E-state index is 12.3. The molecule has 0 saturated carbocycles. The number of hydrogen-bond acceptors (Lipinski definition) is 4. The first kappa shape index (κ1) is 13.8. The summed E-state index contributed by atoms with van der Waals surface area (Å²) in [5.41, 5.74) is 0.730. The van der Waals surface area contributed by atoms with Crippen molar-refractivity contribution in [3.63, 3.8) is 0 Å². The van der Waals surface area contributed by atoms with Gasteiger partial charge in [0.1, 0.15) is 11.8 Å². The average molecular weight is 263 g/mol. The molecule has 0 radical (unpaired) electrons. The van der Waals surface area contributed by atoms with E-state index in [4.69, 9.17) is 4.74 Å². The van der Waals surface area contributed by atoms with Gasteiger partial charge in [-0.25, -0.2) is 0 Å². The first-order valence-electron chi connectivity index (χ1n) is 6.66. The summed E-state index contributed by atoms with van der Waals surface area (Å²) in [4.78, 5) is 14.4. The van der Waals surface area contributed by atoms with Crippen molar-refractivity contribution in [1.82, 2.24) is 10.2 Å². The number of nitrogens with zero attached hydrogens (tertiary/aromatic N) is 1. The monoisotopic (exact) mass is 263 g/mol. The lowest BCUT2D eigenvalue weighted by molar-refractivity contribution is -0.121. The molecule has 104 valence electrons. The second kappa shape index (κ2) is 6.54. The van der Waals surface area contributed by atoms with E-state index < -0.39 is 0 Å². The zero-order valence-electron chi connectivity index (χ0n) is 11.5. The fourth-order valence-electron chi connectivity index (χ4n) is 2.17. The zero-order valence-corrected chi connectivity index (χ0v) is 11.5. The highest BCUT2D eigenvalue weighted by molar-refractivity contribution is 5.96. The van der Waals surface area contributed by atoms with E-state index in [2.05, 4.69) is 15.5 Å². The topological polar surface area (TPSA) is 53.6 Å². The fourth-order valence-corrected chi connectivity index (χ4v) is 2.17. The number of benzene rings is 1.